The Morgan fingerprint density at radius 3 is 1.92 bits per heavy atom. The van der Waals surface area contributed by atoms with Crippen LogP contribution in [0.15, 0.2) is 120 Å². The molecule has 5 rings (SSSR count). The van der Waals surface area contributed by atoms with Crippen LogP contribution in [-0.4, -0.2) is 54.2 Å². The summed E-state index contributed by atoms with van der Waals surface area (Å²) < 4.78 is 31.7. The van der Waals surface area contributed by atoms with E-state index in [2.05, 4.69) is 0 Å². The molecule has 1 saturated heterocycles. The van der Waals surface area contributed by atoms with Crippen LogP contribution in [-0.2, 0) is 46.5 Å². The minimum atomic E-state index is -1.02. The number of hydrogen-bond donors (Lipinski definition) is 0. The molecule has 8 nitrogen and oxygen atoms in total. The van der Waals surface area contributed by atoms with Crippen LogP contribution in [0.5, 0.6) is 0 Å². The smallest absolute Gasteiger partial charge is 0.338 e. The minimum Gasteiger partial charge on any atom is -0.457 e. The summed E-state index contributed by atoms with van der Waals surface area (Å²) >= 11 is 1.39. The third-order valence-corrected chi connectivity index (χ3v) is 8.90. The average molecular weight is 669 g/mol. The van der Waals surface area contributed by atoms with E-state index in [1.165, 1.54) is 18.7 Å². The zero-order valence-corrected chi connectivity index (χ0v) is 27.9. The van der Waals surface area contributed by atoms with E-state index in [0.717, 1.165) is 21.6 Å². The standard InChI is InChI=1S/C39H40O8S/c1-27-18-21-32(22-19-27)48-39-37(47-38(42)31-16-10-5-11-17-31)36(44-25-30-14-8-4-9-15-30)35(46-34(41)23-20-28(2)40)33(45-39)26-43-24-29-12-6-3-7-13-29/h3-19,21-22,33,35-37,39H,20,23-26H2,1-2H3/t33-,35-,36+,37-,39+/m1/s1. The van der Waals surface area contributed by atoms with E-state index in [1.807, 2.05) is 97.9 Å². The van der Waals surface area contributed by atoms with Gasteiger partial charge in [0.25, 0.3) is 0 Å². The van der Waals surface area contributed by atoms with Crippen molar-refractivity contribution in [2.75, 3.05) is 6.61 Å². The van der Waals surface area contributed by atoms with Crippen LogP contribution in [0.4, 0.5) is 0 Å². The Hall–Kier alpha value is -4.28. The summed E-state index contributed by atoms with van der Waals surface area (Å²) in [6.45, 7) is 3.97. The van der Waals surface area contributed by atoms with E-state index in [-0.39, 0.29) is 31.8 Å². The number of rotatable bonds is 15. The van der Waals surface area contributed by atoms with Gasteiger partial charge in [-0.3, -0.25) is 4.79 Å². The lowest BCUT2D eigenvalue weighted by Crippen LogP contribution is -2.61. The first-order valence-electron chi connectivity index (χ1n) is 16.0. The third kappa shape index (κ3) is 10.4. The van der Waals surface area contributed by atoms with Gasteiger partial charge in [0.15, 0.2) is 12.2 Å². The fraction of sp³-hybridized carbons (Fsp3) is 0.308. The molecule has 1 aliphatic heterocycles. The van der Waals surface area contributed by atoms with Crippen LogP contribution in [0.1, 0.15) is 46.8 Å². The van der Waals surface area contributed by atoms with Crippen LogP contribution < -0.4 is 0 Å². The van der Waals surface area contributed by atoms with Gasteiger partial charge in [-0.2, -0.15) is 0 Å². The fourth-order valence-corrected chi connectivity index (χ4v) is 6.31. The average Bonchev–Trinajstić information content (AvgIpc) is 3.10. The normalized spacial score (nSPS) is 20.5. The molecule has 0 amide bonds. The second-order valence-corrected chi connectivity index (χ2v) is 12.8. The van der Waals surface area contributed by atoms with E-state index in [4.69, 9.17) is 23.7 Å². The molecule has 1 aliphatic rings. The summed E-state index contributed by atoms with van der Waals surface area (Å²) in [5.41, 5.74) is 2.57. The first-order chi connectivity index (χ1) is 23.4. The maximum absolute atomic E-state index is 13.6. The van der Waals surface area contributed by atoms with Crippen molar-refractivity contribution in [3.63, 3.8) is 0 Å². The van der Waals surface area contributed by atoms with Crippen LogP contribution in [0, 0.1) is 6.92 Å². The molecule has 0 aliphatic carbocycles. The number of hydrogen-bond acceptors (Lipinski definition) is 9. The Morgan fingerprint density at radius 2 is 1.29 bits per heavy atom. The Bertz CT molecular complexity index is 1600. The van der Waals surface area contributed by atoms with E-state index in [0.29, 0.717) is 12.2 Å². The van der Waals surface area contributed by atoms with Crippen molar-refractivity contribution in [2.45, 2.75) is 74.7 Å². The highest BCUT2D eigenvalue weighted by Gasteiger charge is 2.51. The largest absolute Gasteiger partial charge is 0.457 e. The summed E-state index contributed by atoms with van der Waals surface area (Å²) in [5.74, 6) is -1.28. The highest BCUT2D eigenvalue weighted by atomic mass is 32.2. The number of Topliss-reactive ketones (excluding diaryl/α,β-unsaturated/α-hetero) is 1. The Balaban J connectivity index is 1.50. The first kappa shape index (κ1) is 35.0. The molecule has 0 bridgehead atoms. The molecule has 5 atom stereocenters. The third-order valence-electron chi connectivity index (χ3n) is 7.74. The molecule has 48 heavy (non-hydrogen) atoms. The van der Waals surface area contributed by atoms with Crippen LogP contribution >= 0.6 is 11.8 Å². The number of benzene rings is 4. The van der Waals surface area contributed by atoms with Crippen molar-refractivity contribution in [1.82, 2.24) is 0 Å². The van der Waals surface area contributed by atoms with Gasteiger partial charge in [0, 0.05) is 11.3 Å². The van der Waals surface area contributed by atoms with Gasteiger partial charge < -0.3 is 28.5 Å². The molecule has 0 radical (unpaired) electrons. The monoisotopic (exact) mass is 668 g/mol. The summed E-state index contributed by atoms with van der Waals surface area (Å²) in [7, 11) is 0. The highest BCUT2D eigenvalue weighted by molar-refractivity contribution is 7.99. The lowest BCUT2D eigenvalue weighted by Gasteiger charge is -2.45. The maximum Gasteiger partial charge on any atom is 0.338 e. The van der Waals surface area contributed by atoms with Gasteiger partial charge in [-0.25, -0.2) is 4.79 Å². The van der Waals surface area contributed by atoms with Crippen LogP contribution in [0.2, 0.25) is 0 Å². The number of carbonyl (C=O) groups is 3. The molecular formula is C39H40O8S. The predicted molar refractivity (Wildman–Crippen MR) is 182 cm³/mol. The number of carbonyl (C=O) groups excluding carboxylic acids is 3. The second-order valence-electron chi connectivity index (χ2n) is 11.6. The van der Waals surface area contributed by atoms with Gasteiger partial charge in [0.2, 0.25) is 0 Å². The summed E-state index contributed by atoms with van der Waals surface area (Å²) in [5, 5.41) is 0. The highest BCUT2D eigenvalue weighted by Crippen LogP contribution is 2.38. The molecule has 1 fully saturated rings. The van der Waals surface area contributed by atoms with Crippen molar-refractivity contribution >= 4 is 29.5 Å². The van der Waals surface area contributed by atoms with Gasteiger partial charge in [0.05, 0.1) is 31.8 Å². The summed E-state index contributed by atoms with van der Waals surface area (Å²) in [4.78, 5) is 39.4. The number of aryl methyl sites for hydroxylation is 1. The van der Waals surface area contributed by atoms with Crippen LogP contribution in [0.3, 0.4) is 0 Å². The second kappa shape index (κ2) is 17.8. The lowest BCUT2D eigenvalue weighted by atomic mass is 9.98. The molecule has 0 N–H and O–H groups in total. The quantitative estimate of drug-likeness (QED) is 0.123. The van der Waals surface area contributed by atoms with Crippen molar-refractivity contribution in [2.24, 2.45) is 0 Å². The zero-order valence-electron chi connectivity index (χ0n) is 27.1. The molecule has 0 saturated carbocycles. The van der Waals surface area contributed by atoms with E-state index in [9.17, 15) is 14.4 Å². The Morgan fingerprint density at radius 1 is 0.688 bits per heavy atom. The van der Waals surface area contributed by atoms with Crippen molar-refractivity contribution in [3.05, 3.63) is 138 Å². The SMILES string of the molecule is CC(=O)CCC(=O)O[C@H]1[C@H](OCc2ccccc2)[C@@H](OC(=O)c2ccccc2)[C@H](Sc2ccc(C)cc2)O[C@@H]1COCc1ccccc1. The van der Waals surface area contributed by atoms with Gasteiger partial charge in [0.1, 0.15) is 23.4 Å². The van der Waals surface area contributed by atoms with E-state index < -0.39 is 41.8 Å². The molecular weight excluding hydrogens is 628 g/mol. The van der Waals surface area contributed by atoms with Gasteiger partial charge in [-0.15, -0.1) is 0 Å². The molecule has 1 heterocycles. The Labute approximate surface area is 285 Å². The number of ether oxygens (including phenoxy) is 5. The van der Waals surface area contributed by atoms with Crippen LogP contribution in [0.25, 0.3) is 0 Å². The van der Waals surface area contributed by atoms with Gasteiger partial charge in [-0.05, 0) is 49.2 Å². The van der Waals surface area contributed by atoms with Gasteiger partial charge in [-0.1, -0.05) is 108 Å². The molecule has 0 unspecified atom stereocenters. The van der Waals surface area contributed by atoms with Crippen molar-refractivity contribution in [1.29, 1.82) is 0 Å². The molecule has 250 valence electrons. The molecule has 0 aromatic heterocycles. The topological polar surface area (TPSA) is 97.4 Å². The lowest BCUT2D eigenvalue weighted by molar-refractivity contribution is -0.237. The Kier molecular flexibility index (Phi) is 13.0. The predicted octanol–water partition coefficient (Wildman–Crippen LogP) is 7.12. The summed E-state index contributed by atoms with van der Waals surface area (Å²) in [6.07, 6.45) is -3.82. The zero-order chi connectivity index (χ0) is 33.7. The van der Waals surface area contributed by atoms with E-state index in [1.54, 1.807) is 24.3 Å². The molecule has 9 heteroatoms. The van der Waals surface area contributed by atoms with Crippen molar-refractivity contribution < 1.29 is 38.1 Å². The van der Waals surface area contributed by atoms with Gasteiger partial charge >= 0.3 is 11.9 Å². The molecule has 4 aromatic rings. The van der Waals surface area contributed by atoms with E-state index >= 15 is 0 Å². The maximum atomic E-state index is 13.6. The summed E-state index contributed by atoms with van der Waals surface area (Å²) in [6, 6.07) is 35.9. The number of esters is 2. The molecule has 0 spiro atoms. The number of ketones is 1. The first-order valence-corrected chi connectivity index (χ1v) is 16.8. The van der Waals surface area contributed by atoms with Crippen molar-refractivity contribution in [3.8, 4) is 0 Å². The minimum absolute atomic E-state index is 0.0371. The number of thioether (sulfide) groups is 1. The fourth-order valence-electron chi connectivity index (χ4n) is 5.20. The molecule has 4 aromatic carbocycles.